The third-order valence-electron chi connectivity index (χ3n) is 7.47. The summed E-state index contributed by atoms with van der Waals surface area (Å²) in [6.07, 6.45) is 27.0. The molecule has 1 radical (unpaired) electrons. The van der Waals surface area contributed by atoms with E-state index in [1.54, 1.807) is 109 Å². The van der Waals surface area contributed by atoms with Crippen LogP contribution < -0.4 is 0 Å². The Morgan fingerprint density at radius 2 is 1.10 bits per heavy atom. The molecule has 7 heteroatoms. The third-order valence-corrected chi connectivity index (χ3v) is 12.4. The van der Waals surface area contributed by atoms with Gasteiger partial charge < -0.3 is 4.98 Å². The van der Waals surface area contributed by atoms with E-state index in [-0.39, 0.29) is 30.3 Å². The molecule has 2 heterocycles. The topological polar surface area (TPSA) is 57.4 Å². The van der Waals surface area contributed by atoms with E-state index in [1.807, 2.05) is 0 Å². The van der Waals surface area contributed by atoms with Gasteiger partial charge in [0.05, 0.1) is 29.6 Å². The molecule has 2 aromatic rings. The molecule has 3 fully saturated rings. The van der Waals surface area contributed by atoms with Crippen LogP contribution in [0.3, 0.4) is 0 Å². The largest absolute Gasteiger partial charge is 0.329 e. The number of fused-ring (bicyclic) bond motifs is 1. The summed E-state index contributed by atoms with van der Waals surface area (Å²) in [6, 6.07) is 0. The van der Waals surface area contributed by atoms with Crippen LogP contribution in [0.4, 0.5) is 0 Å². The first-order valence-electron chi connectivity index (χ1n) is 12.1. The summed E-state index contributed by atoms with van der Waals surface area (Å²) < 4.78 is 0.728. The summed E-state index contributed by atoms with van der Waals surface area (Å²) in [5.41, 5.74) is 5.20. The van der Waals surface area contributed by atoms with Gasteiger partial charge in [0, 0.05) is 30.3 Å². The zero-order valence-electron chi connectivity index (χ0n) is 18.1. The van der Waals surface area contributed by atoms with Gasteiger partial charge >= 0.3 is 4.64 Å². The van der Waals surface area contributed by atoms with E-state index in [4.69, 9.17) is 0 Å². The van der Waals surface area contributed by atoms with Crippen LogP contribution in [0.25, 0.3) is 11.2 Å². The monoisotopic (exact) mass is 631 g/mol. The minimum Gasteiger partial charge on any atom is -0.329 e. The molecule has 3 aliphatic rings. The molecule has 30 heavy (non-hydrogen) atoms. The second-order valence-corrected chi connectivity index (χ2v) is 13.3. The Hall–Kier alpha value is -0.0597. The Kier molecular flexibility index (Phi) is 10.5. The van der Waals surface area contributed by atoms with Gasteiger partial charge in [-0.15, -0.1) is 0 Å². The molecule has 0 bridgehead atoms. The van der Waals surface area contributed by atoms with Crippen LogP contribution in [0.15, 0.2) is 12.7 Å². The molecule has 5 rings (SSSR count). The molecule has 4 nitrogen and oxygen atoms in total. The molecule has 2 N–H and O–H groups in total. The molecular formula is C23H39AuN4PS+2. The first kappa shape index (κ1) is 24.6. The molecule has 2 aromatic heterocycles. The summed E-state index contributed by atoms with van der Waals surface area (Å²) in [5.74, 6) is 0. The zero-order valence-corrected chi connectivity index (χ0v) is 22.2. The Balaban J connectivity index is 0.000000197. The smallest absolute Gasteiger partial charge is 0.323 e. The average molecular weight is 632 g/mol. The van der Waals surface area contributed by atoms with Crippen LogP contribution in [-0.4, -0.2) is 36.9 Å². The van der Waals surface area contributed by atoms with Crippen LogP contribution in [0.5, 0.6) is 0 Å². The number of H-pyrrole nitrogens is 2. The molecule has 171 valence electrons. The van der Waals surface area contributed by atoms with Crippen LogP contribution >= 0.6 is 7.92 Å². The van der Waals surface area contributed by atoms with Gasteiger partial charge in [-0.1, -0.05) is 19.3 Å². The van der Waals surface area contributed by atoms with Gasteiger partial charge in [-0.25, -0.2) is 9.97 Å². The van der Waals surface area contributed by atoms with Crippen molar-refractivity contribution in [2.45, 2.75) is 113 Å². The summed E-state index contributed by atoms with van der Waals surface area (Å²) in [4.78, 5) is 13.7. The predicted molar refractivity (Wildman–Crippen MR) is 129 cm³/mol. The van der Waals surface area contributed by atoms with Crippen molar-refractivity contribution >= 4 is 31.3 Å². The molecule has 0 saturated heterocycles. The van der Waals surface area contributed by atoms with Gasteiger partial charge in [0.25, 0.3) is 0 Å². The van der Waals surface area contributed by atoms with Crippen LogP contribution in [-0.2, 0) is 34.6 Å². The van der Waals surface area contributed by atoms with Crippen molar-refractivity contribution in [3.8, 4) is 0 Å². The van der Waals surface area contributed by atoms with Crippen molar-refractivity contribution in [2.24, 2.45) is 0 Å². The standard InChI is InChI=1S/C18H33P.C5H4N4S.Au/c1-4-10-16(11-5-1)19(17-12-6-2-7-13-17)18-14-8-3-9-15-18;10-5-3-4(7-1-6-3)8-2-9-5;/h16-18H,1-15H2;1-2H,(H2,6,7,8,9,10);/p+2. The summed E-state index contributed by atoms with van der Waals surface area (Å²) in [5, 5.41) is 0. The van der Waals surface area contributed by atoms with E-state index < -0.39 is 0 Å². The maximum atomic E-state index is 4.14. The molecule has 3 aliphatic carbocycles. The first-order chi connectivity index (χ1) is 14.3. The van der Waals surface area contributed by atoms with E-state index in [1.165, 1.54) is 17.0 Å². The Morgan fingerprint density at radius 1 is 0.667 bits per heavy atom. The fourth-order valence-corrected chi connectivity index (χ4v) is 11.5. The molecule has 0 unspecified atom stereocenters. The first-order valence-corrected chi connectivity index (χ1v) is 14.3. The number of aromatic nitrogens is 4. The summed E-state index contributed by atoms with van der Waals surface area (Å²) in [6.45, 7) is 0. The van der Waals surface area contributed by atoms with Crippen molar-refractivity contribution in [3.05, 3.63) is 17.3 Å². The number of nitrogens with one attached hydrogen (secondary N) is 2. The van der Waals surface area contributed by atoms with E-state index in [2.05, 4.69) is 32.2 Å². The number of hydrogen-bond donors (Lipinski definition) is 2. The van der Waals surface area contributed by atoms with Crippen molar-refractivity contribution in [1.29, 1.82) is 0 Å². The molecule has 0 atom stereocenters. The molecule has 0 spiro atoms. The third kappa shape index (κ3) is 6.48. The fraction of sp³-hybridized carbons (Fsp3) is 0.783. The SMILES string of the molecule is C1CCC([PH+](C2CCCCC2)C2CCCCC2)CC1.[Au].[SH+]=c1[nH]cnc2[nH]cnc12. The van der Waals surface area contributed by atoms with Gasteiger partial charge in [-0.3, -0.25) is 4.98 Å². The zero-order chi connectivity index (χ0) is 19.9. The minimum absolute atomic E-state index is 0. The maximum Gasteiger partial charge on any atom is 0.323 e. The Morgan fingerprint density at radius 3 is 1.53 bits per heavy atom. The van der Waals surface area contributed by atoms with Crippen LogP contribution in [0.1, 0.15) is 96.3 Å². The Bertz CT molecular complexity index is 749. The van der Waals surface area contributed by atoms with Crippen LogP contribution in [0, 0.1) is 4.64 Å². The number of imidazole rings is 1. The van der Waals surface area contributed by atoms with E-state index in [0.717, 1.165) is 15.8 Å². The van der Waals surface area contributed by atoms with E-state index in [0.29, 0.717) is 0 Å². The van der Waals surface area contributed by atoms with E-state index in [9.17, 15) is 0 Å². The van der Waals surface area contributed by atoms with Gasteiger partial charge in [0.15, 0.2) is 23.4 Å². The fourth-order valence-electron chi connectivity index (χ4n) is 6.09. The van der Waals surface area contributed by atoms with Crippen molar-refractivity contribution in [2.75, 3.05) is 0 Å². The number of aromatic amines is 2. The van der Waals surface area contributed by atoms with Crippen LogP contribution in [0.2, 0.25) is 0 Å². The normalized spacial score (nSPS) is 21.8. The van der Waals surface area contributed by atoms with Crippen molar-refractivity contribution in [3.63, 3.8) is 0 Å². The minimum atomic E-state index is -0.0465. The number of thiol groups is 1. The Labute approximate surface area is 203 Å². The van der Waals surface area contributed by atoms with Gasteiger partial charge in [-0.2, -0.15) is 0 Å². The molecule has 3 saturated carbocycles. The average Bonchev–Trinajstić information content (AvgIpc) is 3.27. The molecular weight excluding hydrogens is 592 g/mol. The quantitative estimate of drug-likeness (QED) is 0.138. The van der Waals surface area contributed by atoms with Gasteiger partial charge in [0.2, 0.25) is 0 Å². The van der Waals surface area contributed by atoms with Crippen molar-refractivity contribution in [1.82, 2.24) is 19.9 Å². The number of rotatable bonds is 3. The maximum absolute atomic E-state index is 4.14. The van der Waals surface area contributed by atoms with Gasteiger partial charge in [0.1, 0.15) is 0 Å². The number of hydrogen-bond acceptors (Lipinski definition) is 2. The van der Waals surface area contributed by atoms with Gasteiger partial charge in [-0.05, 0) is 77.0 Å². The molecule has 0 aromatic carbocycles. The number of nitrogens with zero attached hydrogens (tertiary/aromatic N) is 2. The molecule has 0 amide bonds. The summed E-state index contributed by atoms with van der Waals surface area (Å²) in [7, 11) is -0.0465. The molecule has 0 aliphatic heterocycles. The second-order valence-electron chi connectivity index (χ2n) is 9.36. The summed E-state index contributed by atoms with van der Waals surface area (Å²) >= 11 is 4.14. The van der Waals surface area contributed by atoms with Crippen molar-refractivity contribution < 1.29 is 22.4 Å². The van der Waals surface area contributed by atoms with E-state index >= 15 is 0 Å². The second kappa shape index (κ2) is 12.8. The predicted octanol–water partition coefficient (Wildman–Crippen LogP) is 6.29.